The lowest BCUT2D eigenvalue weighted by Gasteiger charge is -2.12. The number of amides is 1. The molecule has 7 heteroatoms. The molecule has 0 aromatic heterocycles. The maximum absolute atomic E-state index is 12.1. The molecule has 0 aliphatic heterocycles. The van der Waals surface area contributed by atoms with Crippen LogP contribution in [0.25, 0.3) is 0 Å². The van der Waals surface area contributed by atoms with Gasteiger partial charge in [0.25, 0.3) is 5.91 Å². The van der Waals surface area contributed by atoms with Crippen LogP contribution in [0, 0.1) is 12.3 Å². The van der Waals surface area contributed by atoms with E-state index < -0.39 is 15.9 Å². The van der Waals surface area contributed by atoms with Crippen molar-refractivity contribution in [1.29, 1.82) is 0 Å². The summed E-state index contributed by atoms with van der Waals surface area (Å²) in [6.45, 7) is 1.95. The van der Waals surface area contributed by atoms with Gasteiger partial charge in [0.15, 0.2) is 0 Å². The second-order valence-electron chi connectivity index (χ2n) is 4.20. The predicted octanol–water partition coefficient (Wildman–Crippen LogP) is 1.63. The van der Waals surface area contributed by atoms with Gasteiger partial charge in [0.2, 0.25) is 10.0 Å². The molecule has 20 heavy (non-hydrogen) atoms. The van der Waals surface area contributed by atoms with Crippen molar-refractivity contribution in [1.82, 2.24) is 5.32 Å². The molecule has 0 saturated carbocycles. The predicted molar refractivity (Wildman–Crippen MR) is 80.5 cm³/mol. The van der Waals surface area contributed by atoms with Gasteiger partial charge in [-0.05, 0) is 24.6 Å². The largest absolute Gasteiger partial charge is 0.338 e. The third kappa shape index (κ3) is 4.63. The Balaban J connectivity index is 3.05. The van der Waals surface area contributed by atoms with Crippen LogP contribution in [0.15, 0.2) is 27.6 Å². The Morgan fingerprint density at radius 3 is 2.65 bits per heavy atom. The fraction of sp³-hybridized carbons (Fsp3) is 0.308. The molecule has 0 aliphatic rings. The highest BCUT2D eigenvalue weighted by molar-refractivity contribution is 9.10. The molecule has 1 amide bonds. The fourth-order valence-electron chi connectivity index (χ4n) is 1.59. The second-order valence-corrected chi connectivity index (χ2v) is 6.68. The van der Waals surface area contributed by atoms with Crippen LogP contribution in [0.5, 0.6) is 0 Å². The molecule has 0 aliphatic carbocycles. The lowest BCUT2D eigenvalue weighted by molar-refractivity contribution is 0.0944. The summed E-state index contributed by atoms with van der Waals surface area (Å²) in [5.74, 6) is 2.04. The van der Waals surface area contributed by atoms with Crippen LogP contribution in [0.1, 0.15) is 30.1 Å². The highest BCUT2D eigenvalue weighted by atomic mass is 79.9. The van der Waals surface area contributed by atoms with E-state index in [1.54, 1.807) is 0 Å². The van der Waals surface area contributed by atoms with E-state index in [0.717, 1.165) is 6.42 Å². The Morgan fingerprint density at radius 1 is 1.50 bits per heavy atom. The minimum Gasteiger partial charge on any atom is -0.338 e. The van der Waals surface area contributed by atoms with Crippen molar-refractivity contribution in [2.24, 2.45) is 5.14 Å². The highest BCUT2D eigenvalue weighted by Crippen LogP contribution is 2.19. The van der Waals surface area contributed by atoms with Crippen LogP contribution in [0.3, 0.4) is 0 Å². The molecule has 0 heterocycles. The Morgan fingerprint density at radius 2 is 2.15 bits per heavy atom. The standard InChI is InChI=1S/C13H15BrN2O3S/c1-3-5-11(4-2)16-13(17)9-6-10(14)8-12(7-9)20(15,18)19/h2,6-8,11H,3,5H2,1H3,(H,16,17)(H2,15,18,19). The molecule has 1 aromatic carbocycles. The molecule has 3 N–H and O–H groups in total. The molecule has 1 unspecified atom stereocenters. The van der Waals surface area contributed by atoms with Crippen molar-refractivity contribution in [2.45, 2.75) is 30.7 Å². The minimum absolute atomic E-state index is 0.134. The topological polar surface area (TPSA) is 89.3 Å². The quantitative estimate of drug-likeness (QED) is 0.783. The van der Waals surface area contributed by atoms with E-state index in [2.05, 4.69) is 27.2 Å². The smallest absolute Gasteiger partial charge is 0.252 e. The number of carbonyl (C=O) groups excluding carboxylic acids is 1. The number of nitrogens with two attached hydrogens (primary N) is 1. The summed E-state index contributed by atoms with van der Waals surface area (Å²) in [6.07, 6.45) is 6.80. The number of carbonyl (C=O) groups is 1. The average Bonchev–Trinajstić information content (AvgIpc) is 2.36. The van der Waals surface area contributed by atoms with Crippen LogP contribution in [0.4, 0.5) is 0 Å². The number of benzene rings is 1. The summed E-state index contributed by atoms with van der Waals surface area (Å²) in [5, 5.41) is 7.72. The van der Waals surface area contributed by atoms with Gasteiger partial charge in [0.05, 0.1) is 10.9 Å². The number of terminal acetylenes is 1. The zero-order valence-corrected chi connectivity index (χ0v) is 13.3. The first-order valence-electron chi connectivity index (χ1n) is 5.88. The summed E-state index contributed by atoms with van der Waals surface area (Å²) >= 11 is 3.15. The number of rotatable bonds is 5. The summed E-state index contributed by atoms with van der Waals surface area (Å²) in [5.41, 5.74) is 0.180. The summed E-state index contributed by atoms with van der Waals surface area (Å²) < 4.78 is 23.1. The minimum atomic E-state index is -3.88. The molecule has 0 bridgehead atoms. The molecular formula is C13H15BrN2O3S. The van der Waals surface area contributed by atoms with E-state index in [9.17, 15) is 13.2 Å². The molecular weight excluding hydrogens is 344 g/mol. The zero-order valence-electron chi connectivity index (χ0n) is 10.9. The first-order valence-corrected chi connectivity index (χ1v) is 8.22. The maximum Gasteiger partial charge on any atom is 0.252 e. The molecule has 108 valence electrons. The van der Waals surface area contributed by atoms with Crippen molar-refractivity contribution in [3.05, 3.63) is 28.2 Å². The van der Waals surface area contributed by atoms with Crippen molar-refractivity contribution in [3.8, 4) is 12.3 Å². The lowest BCUT2D eigenvalue weighted by Crippen LogP contribution is -2.33. The molecule has 1 rings (SSSR count). The second kappa shape index (κ2) is 6.88. The first-order chi connectivity index (χ1) is 9.27. The number of hydrogen-bond donors (Lipinski definition) is 2. The average molecular weight is 359 g/mol. The van der Waals surface area contributed by atoms with Gasteiger partial charge < -0.3 is 5.32 Å². The van der Waals surface area contributed by atoms with Gasteiger partial charge in [0, 0.05) is 10.0 Å². The van der Waals surface area contributed by atoms with Crippen molar-refractivity contribution < 1.29 is 13.2 Å². The molecule has 0 radical (unpaired) electrons. The fourth-order valence-corrected chi connectivity index (χ4v) is 2.81. The summed E-state index contributed by atoms with van der Waals surface area (Å²) in [7, 11) is -3.88. The van der Waals surface area contributed by atoms with Crippen molar-refractivity contribution in [2.75, 3.05) is 0 Å². The van der Waals surface area contributed by atoms with E-state index in [0.29, 0.717) is 10.9 Å². The van der Waals surface area contributed by atoms with E-state index in [1.807, 2.05) is 6.92 Å². The van der Waals surface area contributed by atoms with Gasteiger partial charge in [-0.15, -0.1) is 6.42 Å². The van der Waals surface area contributed by atoms with Crippen LogP contribution in [-0.4, -0.2) is 20.4 Å². The van der Waals surface area contributed by atoms with E-state index in [1.165, 1.54) is 18.2 Å². The maximum atomic E-state index is 12.1. The van der Waals surface area contributed by atoms with E-state index in [-0.39, 0.29) is 16.5 Å². The summed E-state index contributed by atoms with van der Waals surface area (Å²) in [6, 6.07) is 3.67. The van der Waals surface area contributed by atoms with Crippen LogP contribution in [-0.2, 0) is 10.0 Å². The van der Waals surface area contributed by atoms with E-state index >= 15 is 0 Å². The number of sulfonamides is 1. The van der Waals surface area contributed by atoms with Crippen LogP contribution >= 0.6 is 15.9 Å². The molecule has 0 fully saturated rings. The number of primary sulfonamides is 1. The Labute approximate surface area is 127 Å². The highest BCUT2D eigenvalue weighted by Gasteiger charge is 2.16. The van der Waals surface area contributed by atoms with E-state index in [4.69, 9.17) is 11.6 Å². The molecule has 0 spiro atoms. The van der Waals surface area contributed by atoms with Gasteiger partial charge >= 0.3 is 0 Å². The van der Waals surface area contributed by atoms with Gasteiger partial charge in [-0.25, -0.2) is 13.6 Å². The van der Waals surface area contributed by atoms with Gasteiger partial charge in [-0.1, -0.05) is 35.2 Å². The molecule has 1 aromatic rings. The SMILES string of the molecule is C#CC(CCC)NC(=O)c1cc(Br)cc(S(N)(=O)=O)c1. The lowest BCUT2D eigenvalue weighted by atomic mass is 10.1. The molecule has 5 nitrogen and oxygen atoms in total. The molecule has 1 atom stereocenters. The van der Waals surface area contributed by atoms with Crippen molar-refractivity contribution >= 4 is 31.9 Å². The van der Waals surface area contributed by atoms with Crippen LogP contribution < -0.4 is 10.5 Å². The normalized spacial score (nSPS) is 12.5. The first kappa shape index (κ1) is 16.7. The monoisotopic (exact) mass is 358 g/mol. The summed E-state index contributed by atoms with van der Waals surface area (Å²) in [4.78, 5) is 11.9. The zero-order chi connectivity index (χ0) is 15.3. The number of hydrogen-bond acceptors (Lipinski definition) is 3. The third-order valence-corrected chi connectivity index (χ3v) is 3.90. The van der Waals surface area contributed by atoms with Crippen LogP contribution in [0.2, 0.25) is 0 Å². The Kier molecular flexibility index (Phi) is 5.74. The van der Waals surface area contributed by atoms with Gasteiger partial charge in [-0.3, -0.25) is 4.79 Å². The Bertz CT molecular complexity index is 650. The number of nitrogens with one attached hydrogen (secondary N) is 1. The number of halogens is 1. The molecule has 0 saturated heterocycles. The van der Waals surface area contributed by atoms with Crippen molar-refractivity contribution in [3.63, 3.8) is 0 Å². The third-order valence-electron chi connectivity index (χ3n) is 2.55. The van der Waals surface area contributed by atoms with Gasteiger partial charge in [-0.2, -0.15) is 0 Å². The van der Waals surface area contributed by atoms with Gasteiger partial charge in [0.1, 0.15) is 0 Å². The Hall–Kier alpha value is -1.36.